The molecular formula is C14H16BrNO2. The van der Waals surface area contributed by atoms with Crippen molar-refractivity contribution in [1.29, 1.82) is 0 Å². The summed E-state index contributed by atoms with van der Waals surface area (Å²) >= 11 is 3.51. The number of alkyl halides is 1. The van der Waals surface area contributed by atoms with Crippen LogP contribution in [0.4, 0.5) is 0 Å². The van der Waals surface area contributed by atoms with Gasteiger partial charge in [0.05, 0.1) is 0 Å². The van der Waals surface area contributed by atoms with Crippen molar-refractivity contribution < 1.29 is 9.53 Å². The lowest BCUT2D eigenvalue weighted by Gasteiger charge is -2.41. The van der Waals surface area contributed by atoms with E-state index in [4.69, 9.17) is 4.74 Å². The van der Waals surface area contributed by atoms with E-state index in [1.165, 1.54) is 6.42 Å². The number of carbonyl (C=O) groups excluding carboxylic acids is 1. The van der Waals surface area contributed by atoms with Gasteiger partial charge in [-0.05, 0) is 25.3 Å². The normalized spacial score (nSPS) is 23.7. The van der Waals surface area contributed by atoms with E-state index in [9.17, 15) is 4.79 Å². The van der Waals surface area contributed by atoms with Crippen LogP contribution in [0.2, 0.25) is 0 Å². The van der Waals surface area contributed by atoms with E-state index in [1.54, 1.807) is 0 Å². The maximum atomic E-state index is 12.4. The number of hydrogen-bond donors (Lipinski definition) is 1. The van der Waals surface area contributed by atoms with E-state index in [1.807, 2.05) is 24.3 Å². The maximum Gasteiger partial charge on any atom is 0.231 e. The Morgan fingerprint density at radius 1 is 1.44 bits per heavy atom. The summed E-state index contributed by atoms with van der Waals surface area (Å²) < 4.78 is 5.56. The van der Waals surface area contributed by atoms with Gasteiger partial charge in [0.2, 0.25) is 5.91 Å². The molecule has 0 bridgehead atoms. The fraction of sp³-hybridized carbons (Fsp3) is 0.500. The summed E-state index contributed by atoms with van der Waals surface area (Å²) in [4.78, 5) is 12.4. The number of para-hydroxylation sites is 1. The van der Waals surface area contributed by atoms with Crippen LogP contribution in [0.1, 0.15) is 30.7 Å². The van der Waals surface area contributed by atoms with Crippen LogP contribution in [0.15, 0.2) is 24.3 Å². The fourth-order valence-corrected chi connectivity index (χ4v) is 3.32. The fourth-order valence-electron chi connectivity index (χ4n) is 2.62. The molecule has 1 heterocycles. The molecule has 1 N–H and O–H groups in total. The predicted molar refractivity (Wildman–Crippen MR) is 73.2 cm³/mol. The Balaban J connectivity index is 1.75. The molecule has 1 aliphatic heterocycles. The standard InChI is InChI=1S/C14H16BrNO2/c15-9-14(6-3-7-14)16-13(17)11-8-18-12-5-2-1-4-10(11)12/h1-2,4-5,11H,3,6-9H2,(H,16,17). The second kappa shape index (κ2) is 4.57. The molecule has 1 aromatic carbocycles. The zero-order valence-electron chi connectivity index (χ0n) is 10.1. The number of carbonyl (C=O) groups is 1. The monoisotopic (exact) mass is 309 g/mol. The quantitative estimate of drug-likeness (QED) is 0.872. The molecule has 4 heteroatoms. The van der Waals surface area contributed by atoms with Crippen molar-refractivity contribution in [2.75, 3.05) is 11.9 Å². The number of rotatable bonds is 3. The van der Waals surface area contributed by atoms with Crippen LogP contribution in [0.3, 0.4) is 0 Å². The lowest BCUT2D eigenvalue weighted by Crippen LogP contribution is -2.56. The first-order valence-electron chi connectivity index (χ1n) is 6.34. The molecule has 1 aromatic rings. The summed E-state index contributed by atoms with van der Waals surface area (Å²) in [5, 5.41) is 4.03. The average Bonchev–Trinajstić information content (AvgIpc) is 2.77. The molecule has 1 saturated carbocycles. The lowest BCUT2D eigenvalue weighted by atomic mass is 9.78. The lowest BCUT2D eigenvalue weighted by molar-refractivity contribution is -0.125. The molecule has 96 valence electrons. The highest BCUT2D eigenvalue weighted by Crippen LogP contribution is 2.37. The molecule has 1 amide bonds. The first kappa shape index (κ1) is 12.0. The van der Waals surface area contributed by atoms with Crippen molar-refractivity contribution in [3.63, 3.8) is 0 Å². The minimum absolute atomic E-state index is 0.0192. The zero-order valence-corrected chi connectivity index (χ0v) is 11.7. The predicted octanol–water partition coefficient (Wildman–Crippen LogP) is 2.60. The van der Waals surface area contributed by atoms with Crippen LogP contribution in [0, 0.1) is 0 Å². The molecule has 0 saturated heterocycles. The summed E-state index contributed by atoms with van der Waals surface area (Å²) in [5.74, 6) is 0.788. The van der Waals surface area contributed by atoms with Crippen LogP contribution in [-0.4, -0.2) is 23.4 Å². The van der Waals surface area contributed by atoms with Crippen molar-refractivity contribution in [3.05, 3.63) is 29.8 Å². The van der Waals surface area contributed by atoms with Crippen LogP contribution in [0.25, 0.3) is 0 Å². The van der Waals surface area contributed by atoms with Crippen LogP contribution in [-0.2, 0) is 4.79 Å². The highest BCUT2D eigenvalue weighted by atomic mass is 79.9. The van der Waals surface area contributed by atoms with Crippen molar-refractivity contribution in [3.8, 4) is 5.75 Å². The molecule has 0 aromatic heterocycles. The Labute approximate surface area is 115 Å². The smallest absolute Gasteiger partial charge is 0.231 e. The van der Waals surface area contributed by atoms with Gasteiger partial charge in [-0.2, -0.15) is 0 Å². The Hall–Kier alpha value is -1.03. The van der Waals surface area contributed by atoms with Crippen LogP contribution >= 0.6 is 15.9 Å². The molecule has 1 unspecified atom stereocenters. The zero-order chi connectivity index (χ0) is 12.6. The number of fused-ring (bicyclic) bond motifs is 1. The van der Waals surface area contributed by atoms with Gasteiger partial charge in [0.1, 0.15) is 18.3 Å². The van der Waals surface area contributed by atoms with Crippen molar-refractivity contribution in [2.24, 2.45) is 0 Å². The second-order valence-electron chi connectivity index (χ2n) is 5.16. The van der Waals surface area contributed by atoms with Gasteiger partial charge >= 0.3 is 0 Å². The van der Waals surface area contributed by atoms with Gasteiger partial charge in [0.15, 0.2) is 0 Å². The molecule has 1 aliphatic carbocycles. The third-order valence-corrected chi connectivity index (χ3v) is 5.04. The topological polar surface area (TPSA) is 38.3 Å². The first-order valence-corrected chi connectivity index (χ1v) is 7.46. The summed E-state index contributed by atoms with van der Waals surface area (Å²) in [6.45, 7) is 0.462. The van der Waals surface area contributed by atoms with E-state index < -0.39 is 0 Å². The van der Waals surface area contributed by atoms with Crippen LogP contribution in [0.5, 0.6) is 5.75 Å². The summed E-state index contributed by atoms with van der Waals surface area (Å²) in [6.07, 6.45) is 3.34. The van der Waals surface area contributed by atoms with E-state index in [0.717, 1.165) is 29.5 Å². The van der Waals surface area contributed by atoms with Crippen molar-refractivity contribution in [1.82, 2.24) is 5.32 Å². The Morgan fingerprint density at radius 2 is 2.22 bits per heavy atom. The molecule has 18 heavy (non-hydrogen) atoms. The largest absolute Gasteiger partial charge is 0.492 e. The molecular weight excluding hydrogens is 294 g/mol. The number of hydrogen-bond acceptors (Lipinski definition) is 2. The summed E-state index contributed by atoms with van der Waals surface area (Å²) in [5.41, 5.74) is 0.994. The maximum absolute atomic E-state index is 12.4. The minimum atomic E-state index is -0.155. The molecule has 0 radical (unpaired) electrons. The van der Waals surface area contributed by atoms with Crippen molar-refractivity contribution in [2.45, 2.75) is 30.7 Å². The van der Waals surface area contributed by atoms with Gasteiger partial charge in [-0.15, -0.1) is 0 Å². The number of benzene rings is 1. The number of amides is 1. The first-order chi connectivity index (χ1) is 8.74. The van der Waals surface area contributed by atoms with Gasteiger partial charge in [0, 0.05) is 16.4 Å². The Bertz CT molecular complexity index is 465. The van der Waals surface area contributed by atoms with Gasteiger partial charge in [-0.25, -0.2) is 0 Å². The van der Waals surface area contributed by atoms with Crippen LogP contribution < -0.4 is 10.1 Å². The van der Waals surface area contributed by atoms with Crippen molar-refractivity contribution >= 4 is 21.8 Å². The van der Waals surface area contributed by atoms with E-state index >= 15 is 0 Å². The SMILES string of the molecule is O=C(NC1(CBr)CCC1)C1COc2ccccc21. The van der Waals surface area contributed by atoms with E-state index in [-0.39, 0.29) is 17.4 Å². The Kier molecular flexibility index (Phi) is 3.06. The van der Waals surface area contributed by atoms with Gasteiger partial charge in [-0.3, -0.25) is 4.79 Å². The molecule has 3 nitrogen and oxygen atoms in total. The summed E-state index contributed by atoms with van der Waals surface area (Å²) in [7, 11) is 0. The molecule has 0 spiro atoms. The Morgan fingerprint density at radius 3 is 2.89 bits per heavy atom. The highest BCUT2D eigenvalue weighted by molar-refractivity contribution is 9.09. The molecule has 1 fully saturated rings. The molecule has 1 atom stereocenters. The molecule has 2 aliphatic rings. The summed E-state index contributed by atoms with van der Waals surface area (Å²) in [6, 6.07) is 7.79. The second-order valence-corrected chi connectivity index (χ2v) is 5.72. The number of halogens is 1. The van der Waals surface area contributed by atoms with E-state index in [0.29, 0.717) is 6.61 Å². The number of ether oxygens (including phenoxy) is 1. The highest BCUT2D eigenvalue weighted by Gasteiger charge is 2.40. The van der Waals surface area contributed by atoms with Gasteiger partial charge in [0.25, 0.3) is 0 Å². The minimum Gasteiger partial charge on any atom is -0.492 e. The van der Waals surface area contributed by atoms with Gasteiger partial charge in [-0.1, -0.05) is 34.1 Å². The third kappa shape index (κ3) is 1.92. The average molecular weight is 310 g/mol. The van der Waals surface area contributed by atoms with E-state index in [2.05, 4.69) is 21.2 Å². The van der Waals surface area contributed by atoms with Gasteiger partial charge < -0.3 is 10.1 Å². The third-order valence-electron chi connectivity index (χ3n) is 3.97. The number of nitrogens with one attached hydrogen (secondary N) is 1. The molecule has 3 rings (SSSR count).